The Morgan fingerprint density at radius 2 is 2.17 bits per heavy atom. The molecule has 0 spiro atoms. The molecule has 18 heavy (non-hydrogen) atoms. The Hall–Kier alpha value is -1.68. The van der Waals surface area contributed by atoms with Crippen molar-refractivity contribution in [2.45, 2.75) is 25.3 Å². The zero-order valence-electron chi connectivity index (χ0n) is 10.4. The molecule has 1 aromatic carbocycles. The van der Waals surface area contributed by atoms with Crippen molar-refractivity contribution in [1.29, 1.82) is 0 Å². The second-order valence-electron chi connectivity index (χ2n) is 4.85. The molecule has 1 aliphatic rings. The van der Waals surface area contributed by atoms with Gasteiger partial charge in [-0.1, -0.05) is 30.3 Å². The van der Waals surface area contributed by atoms with Crippen molar-refractivity contribution in [3.8, 4) is 0 Å². The summed E-state index contributed by atoms with van der Waals surface area (Å²) in [5, 5.41) is 11.8. The van der Waals surface area contributed by atoms with Gasteiger partial charge in [-0.15, -0.1) is 10.2 Å². The molecule has 4 nitrogen and oxygen atoms in total. The summed E-state index contributed by atoms with van der Waals surface area (Å²) in [4.78, 5) is 0. The molecule has 3 rings (SSSR count). The number of piperidine rings is 1. The molecule has 2 heterocycles. The average Bonchev–Trinajstić information content (AvgIpc) is 2.89. The fraction of sp³-hybridized carbons (Fsp3) is 0.429. The van der Waals surface area contributed by atoms with Gasteiger partial charge in [0.15, 0.2) is 0 Å². The Kier molecular flexibility index (Phi) is 3.37. The highest BCUT2D eigenvalue weighted by molar-refractivity contribution is 5.16. The summed E-state index contributed by atoms with van der Waals surface area (Å²) in [7, 11) is 0. The summed E-state index contributed by atoms with van der Waals surface area (Å²) in [6, 6.07) is 10.5. The lowest BCUT2D eigenvalue weighted by molar-refractivity contribution is 0.435. The standard InChI is InChI=1S/C14H18N4/c1-2-5-12(6-3-1)10-18-11-16-17-14(18)13-7-4-8-15-9-13/h1-3,5-6,11,13,15H,4,7-10H2/t13-/m0/s1. The largest absolute Gasteiger partial charge is 0.316 e. The monoisotopic (exact) mass is 242 g/mol. The Labute approximate surface area is 107 Å². The van der Waals surface area contributed by atoms with Crippen molar-refractivity contribution in [3.05, 3.63) is 48.0 Å². The van der Waals surface area contributed by atoms with Gasteiger partial charge < -0.3 is 9.88 Å². The van der Waals surface area contributed by atoms with Crippen LogP contribution in [-0.4, -0.2) is 27.9 Å². The van der Waals surface area contributed by atoms with Crippen LogP contribution in [0.5, 0.6) is 0 Å². The molecule has 0 aliphatic carbocycles. The van der Waals surface area contributed by atoms with E-state index in [2.05, 4.69) is 44.3 Å². The van der Waals surface area contributed by atoms with E-state index < -0.39 is 0 Å². The molecule has 2 aromatic rings. The third-order valence-electron chi connectivity index (χ3n) is 3.50. The topological polar surface area (TPSA) is 42.7 Å². The molecule has 1 fully saturated rings. The number of hydrogen-bond donors (Lipinski definition) is 1. The maximum atomic E-state index is 4.31. The van der Waals surface area contributed by atoms with Gasteiger partial charge in [-0.25, -0.2) is 0 Å². The second kappa shape index (κ2) is 5.31. The minimum atomic E-state index is 0.505. The second-order valence-corrected chi connectivity index (χ2v) is 4.85. The molecule has 0 saturated carbocycles. The summed E-state index contributed by atoms with van der Waals surface area (Å²) >= 11 is 0. The molecule has 94 valence electrons. The molecular formula is C14H18N4. The quantitative estimate of drug-likeness (QED) is 0.892. The number of aromatic nitrogens is 3. The van der Waals surface area contributed by atoms with Crippen LogP contribution in [0.4, 0.5) is 0 Å². The van der Waals surface area contributed by atoms with Crippen LogP contribution in [-0.2, 0) is 6.54 Å². The van der Waals surface area contributed by atoms with Gasteiger partial charge in [-0.05, 0) is 24.9 Å². The van der Waals surface area contributed by atoms with E-state index in [4.69, 9.17) is 0 Å². The molecule has 4 heteroatoms. The lowest BCUT2D eigenvalue weighted by Gasteiger charge is -2.22. The highest BCUT2D eigenvalue weighted by atomic mass is 15.3. The van der Waals surface area contributed by atoms with E-state index in [0.717, 1.165) is 25.5 Å². The summed E-state index contributed by atoms with van der Waals surface area (Å²) < 4.78 is 2.17. The molecule has 1 aromatic heterocycles. The first-order valence-corrected chi connectivity index (χ1v) is 6.56. The maximum Gasteiger partial charge on any atom is 0.137 e. The normalized spacial score (nSPS) is 19.9. The minimum Gasteiger partial charge on any atom is -0.316 e. The van der Waals surface area contributed by atoms with Crippen molar-refractivity contribution < 1.29 is 0 Å². The third kappa shape index (κ3) is 2.43. The van der Waals surface area contributed by atoms with E-state index >= 15 is 0 Å². The van der Waals surface area contributed by atoms with E-state index in [1.54, 1.807) is 0 Å². The van der Waals surface area contributed by atoms with Gasteiger partial charge in [-0.3, -0.25) is 0 Å². The van der Waals surface area contributed by atoms with Crippen molar-refractivity contribution in [2.75, 3.05) is 13.1 Å². The van der Waals surface area contributed by atoms with Gasteiger partial charge in [0, 0.05) is 12.5 Å². The maximum absolute atomic E-state index is 4.31. The Morgan fingerprint density at radius 3 is 2.94 bits per heavy atom. The number of rotatable bonds is 3. The fourth-order valence-corrected chi connectivity index (χ4v) is 2.55. The summed E-state index contributed by atoms with van der Waals surface area (Å²) in [6.07, 6.45) is 4.28. The lowest BCUT2D eigenvalue weighted by Crippen LogP contribution is -2.30. The molecule has 1 atom stereocenters. The van der Waals surface area contributed by atoms with Crippen LogP contribution >= 0.6 is 0 Å². The van der Waals surface area contributed by atoms with E-state index in [1.165, 1.54) is 18.4 Å². The zero-order chi connectivity index (χ0) is 12.2. The van der Waals surface area contributed by atoms with Crippen LogP contribution in [0.2, 0.25) is 0 Å². The van der Waals surface area contributed by atoms with Crippen LogP contribution in [0.1, 0.15) is 30.1 Å². The Morgan fingerprint density at radius 1 is 1.28 bits per heavy atom. The molecule has 0 bridgehead atoms. The van der Waals surface area contributed by atoms with E-state index in [0.29, 0.717) is 5.92 Å². The molecule has 1 aliphatic heterocycles. The Balaban J connectivity index is 1.78. The van der Waals surface area contributed by atoms with E-state index in [1.807, 2.05) is 12.4 Å². The summed E-state index contributed by atoms with van der Waals surface area (Å²) in [5.74, 6) is 1.62. The number of nitrogens with one attached hydrogen (secondary N) is 1. The molecule has 0 radical (unpaired) electrons. The van der Waals surface area contributed by atoms with Gasteiger partial charge in [-0.2, -0.15) is 0 Å². The van der Waals surface area contributed by atoms with Crippen LogP contribution in [0, 0.1) is 0 Å². The molecule has 1 saturated heterocycles. The van der Waals surface area contributed by atoms with Crippen molar-refractivity contribution >= 4 is 0 Å². The van der Waals surface area contributed by atoms with E-state index in [9.17, 15) is 0 Å². The smallest absolute Gasteiger partial charge is 0.137 e. The minimum absolute atomic E-state index is 0.505. The predicted octanol–water partition coefficient (Wildman–Crippen LogP) is 1.79. The fourth-order valence-electron chi connectivity index (χ4n) is 2.55. The zero-order valence-corrected chi connectivity index (χ0v) is 10.4. The van der Waals surface area contributed by atoms with Gasteiger partial charge in [0.2, 0.25) is 0 Å². The SMILES string of the molecule is c1ccc(Cn2cnnc2[C@H]2CCCNC2)cc1. The average molecular weight is 242 g/mol. The summed E-state index contributed by atoms with van der Waals surface area (Å²) in [6.45, 7) is 3.01. The first kappa shape index (κ1) is 11.4. The van der Waals surface area contributed by atoms with Crippen LogP contribution in [0.3, 0.4) is 0 Å². The first-order chi connectivity index (χ1) is 8.93. The van der Waals surface area contributed by atoms with Crippen molar-refractivity contribution in [3.63, 3.8) is 0 Å². The highest BCUT2D eigenvalue weighted by Gasteiger charge is 2.20. The number of hydrogen-bond acceptors (Lipinski definition) is 3. The summed E-state index contributed by atoms with van der Waals surface area (Å²) in [5.41, 5.74) is 1.29. The third-order valence-corrected chi connectivity index (χ3v) is 3.50. The van der Waals surface area contributed by atoms with Crippen LogP contribution < -0.4 is 5.32 Å². The van der Waals surface area contributed by atoms with Gasteiger partial charge in [0.05, 0.1) is 6.54 Å². The van der Waals surface area contributed by atoms with Crippen LogP contribution in [0.25, 0.3) is 0 Å². The first-order valence-electron chi connectivity index (χ1n) is 6.56. The van der Waals surface area contributed by atoms with Crippen LogP contribution in [0.15, 0.2) is 36.7 Å². The molecular weight excluding hydrogens is 224 g/mol. The molecule has 0 amide bonds. The van der Waals surface area contributed by atoms with Gasteiger partial charge >= 0.3 is 0 Å². The van der Waals surface area contributed by atoms with Crippen molar-refractivity contribution in [1.82, 2.24) is 20.1 Å². The number of benzene rings is 1. The van der Waals surface area contributed by atoms with E-state index in [-0.39, 0.29) is 0 Å². The lowest BCUT2D eigenvalue weighted by atomic mass is 9.99. The Bertz CT molecular complexity index is 486. The predicted molar refractivity (Wildman–Crippen MR) is 70.4 cm³/mol. The van der Waals surface area contributed by atoms with Crippen molar-refractivity contribution in [2.24, 2.45) is 0 Å². The van der Waals surface area contributed by atoms with Gasteiger partial charge in [0.1, 0.15) is 12.2 Å². The van der Waals surface area contributed by atoms with Gasteiger partial charge in [0.25, 0.3) is 0 Å². The highest BCUT2D eigenvalue weighted by Crippen LogP contribution is 2.21. The molecule has 0 unspecified atom stereocenters. The molecule has 1 N–H and O–H groups in total. The number of nitrogens with zero attached hydrogens (tertiary/aromatic N) is 3.